The molecule has 28 heavy (non-hydrogen) atoms. The van der Waals surface area contributed by atoms with E-state index in [-0.39, 0.29) is 35.1 Å². The molecule has 9 heteroatoms. The Morgan fingerprint density at radius 1 is 1.43 bits per heavy atom. The first-order valence-electron chi connectivity index (χ1n) is 9.24. The van der Waals surface area contributed by atoms with Crippen LogP contribution in [0.5, 0.6) is 5.75 Å². The van der Waals surface area contributed by atoms with Crippen molar-refractivity contribution in [2.75, 3.05) is 18.0 Å². The lowest BCUT2D eigenvalue weighted by molar-refractivity contribution is 0.144. The SMILES string of the molecule is CCC(N)C1CCN(c2c(F)cc3c(=O)c(OC(=O)O)cn(CC)c3c2F)C1. The van der Waals surface area contributed by atoms with Crippen LogP contribution < -0.4 is 20.8 Å². The summed E-state index contributed by atoms with van der Waals surface area (Å²) in [6, 6.07) is 0.908. The summed E-state index contributed by atoms with van der Waals surface area (Å²) in [6.45, 7) is 4.81. The molecule has 0 saturated carbocycles. The fourth-order valence-corrected chi connectivity index (χ4v) is 3.83. The molecule has 2 atom stereocenters. The monoisotopic (exact) mass is 395 g/mol. The third-order valence-electron chi connectivity index (χ3n) is 5.35. The van der Waals surface area contributed by atoms with Crippen molar-refractivity contribution >= 4 is 22.7 Å². The minimum absolute atomic E-state index is 0.0406. The average Bonchev–Trinajstić information content (AvgIpc) is 3.12. The van der Waals surface area contributed by atoms with E-state index in [4.69, 9.17) is 10.8 Å². The van der Waals surface area contributed by atoms with Crippen molar-refractivity contribution in [1.82, 2.24) is 4.57 Å². The first-order valence-corrected chi connectivity index (χ1v) is 9.24. The number of nitrogens with zero attached hydrogens (tertiary/aromatic N) is 2. The smallest absolute Gasteiger partial charge is 0.449 e. The molecular formula is C19H23F2N3O4. The Hall–Kier alpha value is -2.68. The molecule has 1 fully saturated rings. The zero-order chi connectivity index (χ0) is 20.6. The Kier molecular flexibility index (Phi) is 5.55. The summed E-state index contributed by atoms with van der Waals surface area (Å²) in [5.74, 6) is -2.08. The topological polar surface area (TPSA) is 97.8 Å². The van der Waals surface area contributed by atoms with E-state index in [1.165, 1.54) is 4.57 Å². The van der Waals surface area contributed by atoms with Crippen LogP contribution in [0.15, 0.2) is 17.1 Å². The van der Waals surface area contributed by atoms with Crippen LogP contribution >= 0.6 is 0 Å². The molecule has 1 aromatic heterocycles. The van der Waals surface area contributed by atoms with E-state index in [1.54, 1.807) is 11.8 Å². The molecule has 0 amide bonds. The zero-order valence-corrected chi connectivity index (χ0v) is 15.7. The van der Waals surface area contributed by atoms with Gasteiger partial charge in [-0.1, -0.05) is 6.92 Å². The molecular weight excluding hydrogens is 372 g/mol. The van der Waals surface area contributed by atoms with Crippen LogP contribution in [-0.4, -0.2) is 35.0 Å². The highest BCUT2D eigenvalue weighted by molar-refractivity contribution is 5.85. The van der Waals surface area contributed by atoms with Crippen molar-refractivity contribution in [3.8, 4) is 5.75 Å². The molecule has 1 aliphatic heterocycles. The van der Waals surface area contributed by atoms with Gasteiger partial charge in [-0.25, -0.2) is 13.6 Å². The van der Waals surface area contributed by atoms with Crippen molar-refractivity contribution in [1.29, 1.82) is 0 Å². The number of carbonyl (C=O) groups is 1. The van der Waals surface area contributed by atoms with Crippen LogP contribution in [0.3, 0.4) is 0 Å². The number of aromatic nitrogens is 1. The number of carboxylic acid groups (broad SMARTS) is 1. The van der Waals surface area contributed by atoms with Gasteiger partial charge in [-0.3, -0.25) is 4.79 Å². The summed E-state index contributed by atoms with van der Waals surface area (Å²) in [7, 11) is 0. The van der Waals surface area contributed by atoms with E-state index in [2.05, 4.69) is 4.74 Å². The third kappa shape index (κ3) is 3.42. The summed E-state index contributed by atoms with van der Waals surface area (Å²) < 4.78 is 36.0. The number of fused-ring (bicyclic) bond motifs is 1. The Bertz CT molecular complexity index is 976. The summed E-state index contributed by atoms with van der Waals surface area (Å²) in [5, 5.41) is 8.51. The fourth-order valence-electron chi connectivity index (χ4n) is 3.83. The maximum absolute atomic E-state index is 15.4. The Balaban J connectivity index is 2.15. The van der Waals surface area contributed by atoms with E-state index in [0.29, 0.717) is 13.1 Å². The van der Waals surface area contributed by atoms with Crippen LogP contribution in [0.1, 0.15) is 26.7 Å². The number of ether oxygens (including phenoxy) is 1. The minimum Gasteiger partial charge on any atom is -0.449 e. The molecule has 1 aliphatic rings. The number of hydrogen-bond acceptors (Lipinski definition) is 5. The lowest BCUT2D eigenvalue weighted by atomic mass is 9.98. The molecule has 3 N–H and O–H groups in total. The summed E-state index contributed by atoms with van der Waals surface area (Å²) in [4.78, 5) is 24.9. The molecule has 1 saturated heterocycles. The quantitative estimate of drug-likeness (QED) is 0.756. The van der Waals surface area contributed by atoms with Gasteiger partial charge in [0.15, 0.2) is 11.6 Å². The Morgan fingerprint density at radius 2 is 2.14 bits per heavy atom. The van der Waals surface area contributed by atoms with Crippen molar-refractivity contribution < 1.29 is 23.4 Å². The van der Waals surface area contributed by atoms with E-state index in [1.807, 2.05) is 6.92 Å². The van der Waals surface area contributed by atoms with Crippen molar-refractivity contribution in [2.45, 2.75) is 39.3 Å². The normalized spacial score (nSPS) is 17.9. The van der Waals surface area contributed by atoms with Gasteiger partial charge in [-0.2, -0.15) is 0 Å². The molecule has 0 spiro atoms. The molecule has 2 aromatic rings. The van der Waals surface area contributed by atoms with Gasteiger partial charge in [0.1, 0.15) is 11.5 Å². The molecule has 3 rings (SSSR count). The Morgan fingerprint density at radius 3 is 2.75 bits per heavy atom. The molecule has 2 unspecified atom stereocenters. The number of anilines is 1. The van der Waals surface area contributed by atoms with E-state index >= 15 is 4.39 Å². The van der Waals surface area contributed by atoms with Crippen LogP contribution in [-0.2, 0) is 6.54 Å². The van der Waals surface area contributed by atoms with Gasteiger partial charge in [0.05, 0.1) is 17.1 Å². The van der Waals surface area contributed by atoms with Gasteiger partial charge in [0.25, 0.3) is 0 Å². The summed E-state index contributed by atoms with van der Waals surface area (Å²) in [5.41, 5.74) is 4.94. The second kappa shape index (κ2) is 7.75. The van der Waals surface area contributed by atoms with Crippen LogP contribution in [0.2, 0.25) is 0 Å². The molecule has 1 aromatic carbocycles. The number of halogens is 2. The van der Waals surface area contributed by atoms with Gasteiger partial charge in [0.2, 0.25) is 5.43 Å². The average molecular weight is 395 g/mol. The van der Waals surface area contributed by atoms with Crippen LogP contribution in [0.25, 0.3) is 10.9 Å². The van der Waals surface area contributed by atoms with E-state index < -0.39 is 29.0 Å². The molecule has 0 aliphatic carbocycles. The maximum Gasteiger partial charge on any atom is 0.511 e. The molecule has 0 bridgehead atoms. The fraction of sp³-hybridized carbons (Fsp3) is 0.474. The first kappa shape index (κ1) is 20.1. The zero-order valence-electron chi connectivity index (χ0n) is 15.7. The lowest BCUT2D eigenvalue weighted by Gasteiger charge is -2.23. The number of aryl methyl sites for hydroxylation is 1. The van der Waals surface area contributed by atoms with E-state index in [0.717, 1.165) is 25.1 Å². The highest BCUT2D eigenvalue weighted by atomic mass is 19.1. The number of hydrogen-bond donors (Lipinski definition) is 2. The molecule has 7 nitrogen and oxygen atoms in total. The maximum atomic E-state index is 15.4. The van der Waals surface area contributed by atoms with Crippen molar-refractivity contribution in [2.24, 2.45) is 11.7 Å². The second-order valence-corrected chi connectivity index (χ2v) is 6.96. The van der Waals surface area contributed by atoms with Gasteiger partial charge in [0, 0.05) is 25.7 Å². The van der Waals surface area contributed by atoms with Gasteiger partial charge < -0.3 is 25.0 Å². The Labute approximate surface area is 160 Å². The van der Waals surface area contributed by atoms with Crippen LogP contribution in [0.4, 0.5) is 19.3 Å². The van der Waals surface area contributed by atoms with Gasteiger partial charge in [-0.05, 0) is 31.7 Å². The lowest BCUT2D eigenvalue weighted by Crippen LogP contribution is -2.32. The minimum atomic E-state index is -1.67. The standard InChI is InChI=1S/C19H23F2N3O4/c1-3-13(22)10-5-6-24(8-10)17-12(20)7-11-16(15(17)21)23(4-2)9-14(18(11)25)28-19(26)27/h7,9-10,13H,3-6,8,22H2,1-2H3,(H,26,27). The second-order valence-electron chi connectivity index (χ2n) is 6.96. The van der Waals surface area contributed by atoms with E-state index in [9.17, 15) is 14.0 Å². The summed E-state index contributed by atoms with van der Waals surface area (Å²) >= 11 is 0. The van der Waals surface area contributed by atoms with Gasteiger partial charge in [-0.15, -0.1) is 0 Å². The molecule has 2 heterocycles. The number of benzene rings is 1. The highest BCUT2D eigenvalue weighted by Crippen LogP contribution is 2.34. The van der Waals surface area contributed by atoms with Crippen LogP contribution in [0, 0.1) is 17.6 Å². The largest absolute Gasteiger partial charge is 0.511 e. The summed E-state index contributed by atoms with van der Waals surface area (Å²) in [6.07, 6.45) is 0.969. The predicted octanol–water partition coefficient (Wildman–Crippen LogP) is 2.92. The van der Waals surface area contributed by atoms with Crippen molar-refractivity contribution in [3.05, 3.63) is 34.1 Å². The third-order valence-corrected chi connectivity index (χ3v) is 5.35. The molecule has 0 radical (unpaired) electrons. The van der Waals surface area contributed by atoms with Crippen molar-refractivity contribution in [3.63, 3.8) is 0 Å². The first-order chi connectivity index (χ1) is 13.3. The predicted molar refractivity (Wildman–Crippen MR) is 101 cm³/mol. The van der Waals surface area contributed by atoms with Gasteiger partial charge >= 0.3 is 6.16 Å². The number of nitrogens with two attached hydrogens (primary N) is 1. The number of rotatable bonds is 5. The number of pyridine rings is 1. The molecule has 152 valence electrons. The highest BCUT2D eigenvalue weighted by Gasteiger charge is 2.31.